The van der Waals surface area contributed by atoms with Crippen LogP contribution in [-0.2, 0) is 5.41 Å². The SMILES string of the molecule is Cc1cccc(C(C)(C)C)c1O.Oc1ccccc1.Oc1ccccc1. The molecule has 0 aliphatic carbocycles. The Morgan fingerprint density at radius 2 is 1.00 bits per heavy atom. The van der Waals surface area contributed by atoms with Crippen molar-refractivity contribution >= 4 is 0 Å². The zero-order valence-electron chi connectivity index (χ0n) is 15.8. The van der Waals surface area contributed by atoms with Crippen LogP contribution in [0.2, 0.25) is 0 Å². The molecular weight excluding hydrogens is 324 g/mol. The molecule has 0 bridgehead atoms. The van der Waals surface area contributed by atoms with Gasteiger partial charge in [-0.05, 0) is 47.7 Å². The Kier molecular flexibility index (Phi) is 8.23. The predicted octanol–water partition coefficient (Wildman–Crippen LogP) is 5.78. The average Bonchev–Trinajstić information content (AvgIpc) is 2.59. The second kappa shape index (κ2) is 10.1. The number of hydrogen-bond donors (Lipinski definition) is 3. The van der Waals surface area contributed by atoms with Crippen LogP contribution in [0.3, 0.4) is 0 Å². The zero-order chi connectivity index (χ0) is 19.6. The molecule has 0 saturated carbocycles. The Bertz CT molecular complexity index is 723. The van der Waals surface area contributed by atoms with Crippen LogP contribution < -0.4 is 0 Å². The summed E-state index contributed by atoms with van der Waals surface area (Å²) in [6, 6.07) is 23.3. The molecule has 0 atom stereocenters. The summed E-state index contributed by atoms with van der Waals surface area (Å²) in [7, 11) is 0. The molecule has 0 radical (unpaired) electrons. The third-order valence-electron chi connectivity index (χ3n) is 3.56. The van der Waals surface area contributed by atoms with Gasteiger partial charge in [-0.1, -0.05) is 75.4 Å². The predicted molar refractivity (Wildman–Crippen MR) is 108 cm³/mol. The molecule has 0 aromatic heterocycles. The summed E-state index contributed by atoms with van der Waals surface area (Å²) in [5.41, 5.74) is 1.99. The van der Waals surface area contributed by atoms with Crippen LogP contribution in [0.1, 0.15) is 31.9 Å². The third kappa shape index (κ3) is 7.75. The van der Waals surface area contributed by atoms with E-state index in [-0.39, 0.29) is 5.41 Å². The molecule has 26 heavy (non-hydrogen) atoms. The molecule has 138 valence electrons. The van der Waals surface area contributed by atoms with Gasteiger partial charge < -0.3 is 15.3 Å². The number of aromatic hydroxyl groups is 3. The summed E-state index contributed by atoms with van der Waals surface area (Å²) >= 11 is 0. The van der Waals surface area contributed by atoms with Gasteiger partial charge in [0.1, 0.15) is 17.2 Å². The number of para-hydroxylation sites is 3. The first-order valence-electron chi connectivity index (χ1n) is 8.49. The third-order valence-corrected chi connectivity index (χ3v) is 3.56. The summed E-state index contributed by atoms with van der Waals surface area (Å²) in [5, 5.41) is 27.0. The maximum absolute atomic E-state index is 9.73. The van der Waals surface area contributed by atoms with Crippen molar-refractivity contribution in [3.8, 4) is 17.2 Å². The molecule has 0 saturated heterocycles. The molecule has 0 amide bonds. The van der Waals surface area contributed by atoms with Crippen LogP contribution >= 0.6 is 0 Å². The van der Waals surface area contributed by atoms with Gasteiger partial charge in [-0.15, -0.1) is 0 Å². The van der Waals surface area contributed by atoms with Crippen LogP contribution in [-0.4, -0.2) is 15.3 Å². The second-order valence-corrected chi connectivity index (χ2v) is 6.89. The van der Waals surface area contributed by atoms with E-state index in [0.717, 1.165) is 11.1 Å². The van der Waals surface area contributed by atoms with E-state index in [1.54, 1.807) is 48.5 Å². The molecule has 3 heteroatoms. The van der Waals surface area contributed by atoms with E-state index in [1.165, 1.54) is 0 Å². The van der Waals surface area contributed by atoms with Gasteiger partial charge in [0.25, 0.3) is 0 Å². The number of rotatable bonds is 0. The molecule has 3 N–H and O–H groups in total. The lowest BCUT2D eigenvalue weighted by Gasteiger charge is -2.20. The average molecular weight is 352 g/mol. The zero-order valence-corrected chi connectivity index (χ0v) is 15.8. The molecule has 3 nitrogen and oxygen atoms in total. The molecule has 0 fully saturated rings. The smallest absolute Gasteiger partial charge is 0.122 e. The Morgan fingerprint density at radius 1 is 0.577 bits per heavy atom. The summed E-state index contributed by atoms with van der Waals surface area (Å²) in [5.74, 6) is 1.08. The standard InChI is InChI=1S/C11H16O.2C6H6O/c1-8-6-5-7-9(10(8)12)11(2,3)4;2*7-6-4-2-1-3-5-6/h5-7,12H,1-4H3;2*1-5,7H. The van der Waals surface area contributed by atoms with Crippen LogP contribution in [0.15, 0.2) is 78.9 Å². The van der Waals surface area contributed by atoms with Crippen LogP contribution in [0.25, 0.3) is 0 Å². The Morgan fingerprint density at radius 3 is 1.27 bits per heavy atom. The second-order valence-electron chi connectivity index (χ2n) is 6.89. The van der Waals surface area contributed by atoms with E-state index in [4.69, 9.17) is 10.2 Å². The minimum absolute atomic E-state index is 0.0239. The van der Waals surface area contributed by atoms with Crippen molar-refractivity contribution < 1.29 is 15.3 Å². The summed E-state index contributed by atoms with van der Waals surface area (Å²) in [6.07, 6.45) is 0. The summed E-state index contributed by atoms with van der Waals surface area (Å²) in [4.78, 5) is 0. The van der Waals surface area contributed by atoms with Gasteiger partial charge in [0.2, 0.25) is 0 Å². The van der Waals surface area contributed by atoms with Gasteiger partial charge in [0.15, 0.2) is 0 Å². The molecule has 3 aromatic carbocycles. The fourth-order valence-electron chi connectivity index (χ4n) is 2.12. The minimum Gasteiger partial charge on any atom is -0.508 e. The molecule has 0 spiro atoms. The lowest BCUT2D eigenvalue weighted by atomic mass is 9.85. The first-order chi connectivity index (χ1) is 12.2. The lowest BCUT2D eigenvalue weighted by Crippen LogP contribution is -2.11. The largest absolute Gasteiger partial charge is 0.508 e. The van der Waals surface area contributed by atoms with Gasteiger partial charge >= 0.3 is 0 Å². The quantitative estimate of drug-likeness (QED) is 0.480. The molecular formula is C23H28O3. The van der Waals surface area contributed by atoms with Crippen molar-refractivity contribution in [2.45, 2.75) is 33.1 Å². The maximum Gasteiger partial charge on any atom is 0.122 e. The van der Waals surface area contributed by atoms with Crippen molar-refractivity contribution in [1.82, 2.24) is 0 Å². The highest BCUT2D eigenvalue weighted by Crippen LogP contribution is 2.32. The first kappa shape index (κ1) is 21.1. The highest BCUT2D eigenvalue weighted by molar-refractivity contribution is 5.43. The number of aryl methyl sites for hydroxylation is 1. The normalized spacial score (nSPS) is 10.0. The van der Waals surface area contributed by atoms with Gasteiger partial charge in [0.05, 0.1) is 0 Å². The van der Waals surface area contributed by atoms with Crippen LogP contribution in [0, 0.1) is 6.92 Å². The van der Waals surface area contributed by atoms with Crippen molar-refractivity contribution in [2.75, 3.05) is 0 Å². The van der Waals surface area contributed by atoms with E-state index in [1.807, 2.05) is 37.3 Å². The topological polar surface area (TPSA) is 60.7 Å². The van der Waals surface area contributed by atoms with Crippen molar-refractivity contribution in [2.24, 2.45) is 0 Å². The highest BCUT2D eigenvalue weighted by Gasteiger charge is 2.18. The summed E-state index contributed by atoms with van der Waals surface area (Å²) in [6.45, 7) is 8.22. The Balaban J connectivity index is 0.000000207. The number of benzene rings is 3. The van der Waals surface area contributed by atoms with Gasteiger partial charge in [-0.3, -0.25) is 0 Å². The van der Waals surface area contributed by atoms with E-state index in [0.29, 0.717) is 17.2 Å². The van der Waals surface area contributed by atoms with Gasteiger partial charge in [-0.2, -0.15) is 0 Å². The van der Waals surface area contributed by atoms with E-state index in [2.05, 4.69) is 20.8 Å². The fraction of sp³-hybridized carbons (Fsp3) is 0.217. The molecule has 0 heterocycles. The monoisotopic (exact) mass is 352 g/mol. The molecule has 0 aliphatic heterocycles. The van der Waals surface area contributed by atoms with Crippen molar-refractivity contribution in [3.05, 3.63) is 90.0 Å². The molecule has 3 aromatic rings. The highest BCUT2D eigenvalue weighted by atomic mass is 16.3. The van der Waals surface area contributed by atoms with E-state index >= 15 is 0 Å². The van der Waals surface area contributed by atoms with Gasteiger partial charge in [0, 0.05) is 0 Å². The Hall–Kier alpha value is -2.94. The van der Waals surface area contributed by atoms with Crippen molar-refractivity contribution in [1.29, 1.82) is 0 Å². The number of hydrogen-bond acceptors (Lipinski definition) is 3. The maximum atomic E-state index is 9.73. The Labute approximate surface area is 156 Å². The molecule has 0 unspecified atom stereocenters. The summed E-state index contributed by atoms with van der Waals surface area (Å²) < 4.78 is 0. The van der Waals surface area contributed by atoms with Crippen LogP contribution in [0.5, 0.6) is 17.2 Å². The number of phenolic OH excluding ortho intramolecular Hbond substituents is 3. The lowest BCUT2D eigenvalue weighted by molar-refractivity contribution is 0.443. The molecule has 3 rings (SSSR count). The minimum atomic E-state index is 0.0239. The van der Waals surface area contributed by atoms with Crippen LogP contribution in [0.4, 0.5) is 0 Å². The molecule has 0 aliphatic rings. The van der Waals surface area contributed by atoms with Gasteiger partial charge in [-0.25, -0.2) is 0 Å². The first-order valence-corrected chi connectivity index (χ1v) is 8.49. The fourth-order valence-corrected chi connectivity index (χ4v) is 2.12. The van der Waals surface area contributed by atoms with Crippen molar-refractivity contribution in [3.63, 3.8) is 0 Å². The van der Waals surface area contributed by atoms with E-state index in [9.17, 15) is 5.11 Å². The number of phenols is 3. The van der Waals surface area contributed by atoms with E-state index < -0.39 is 0 Å².